The van der Waals surface area contributed by atoms with E-state index in [9.17, 15) is 4.79 Å². The number of nitrogens with one attached hydrogen (secondary N) is 2. The van der Waals surface area contributed by atoms with Gasteiger partial charge < -0.3 is 15.1 Å². The summed E-state index contributed by atoms with van der Waals surface area (Å²) in [5, 5.41) is 5.89. The summed E-state index contributed by atoms with van der Waals surface area (Å²) in [5.41, 5.74) is 1.37. The molecule has 0 atom stereocenters. The maximum absolute atomic E-state index is 12.1. The number of hydrogen-bond acceptors (Lipinski definition) is 6. The third kappa shape index (κ3) is 4.13. The van der Waals surface area contributed by atoms with E-state index in [1.165, 1.54) is 6.33 Å². The summed E-state index contributed by atoms with van der Waals surface area (Å²) in [6, 6.07) is 8.99. The highest BCUT2D eigenvalue weighted by Gasteiger charge is 2.09. The van der Waals surface area contributed by atoms with Crippen LogP contribution in [-0.4, -0.2) is 20.9 Å². The Morgan fingerprint density at radius 1 is 1.13 bits per heavy atom. The molecule has 0 radical (unpaired) electrons. The largest absolute Gasteiger partial charge is 0.467 e. The first-order valence-corrected chi connectivity index (χ1v) is 7.06. The van der Waals surface area contributed by atoms with E-state index in [2.05, 4.69) is 25.6 Å². The van der Waals surface area contributed by atoms with Crippen LogP contribution in [0.2, 0.25) is 0 Å². The second-order valence-electron chi connectivity index (χ2n) is 4.76. The topological polar surface area (TPSA) is 92.9 Å². The van der Waals surface area contributed by atoms with E-state index < -0.39 is 0 Å². The molecule has 0 spiro atoms. The van der Waals surface area contributed by atoms with Gasteiger partial charge >= 0.3 is 0 Å². The zero-order valence-electron chi connectivity index (χ0n) is 12.3. The van der Waals surface area contributed by atoms with E-state index in [4.69, 9.17) is 4.42 Å². The fourth-order valence-corrected chi connectivity index (χ4v) is 1.94. The Bertz CT molecular complexity index is 759. The first-order chi connectivity index (χ1) is 11.3. The Hall–Kier alpha value is -3.22. The molecule has 7 heteroatoms. The molecule has 2 N–H and O–H groups in total. The summed E-state index contributed by atoms with van der Waals surface area (Å²) in [7, 11) is 0. The van der Waals surface area contributed by atoms with Crippen LogP contribution in [0.5, 0.6) is 0 Å². The van der Waals surface area contributed by atoms with Crippen LogP contribution in [0.4, 0.5) is 5.82 Å². The molecule has 0 aromatic carbocycles. The van der Waals surface area contributed by atoms with Crippen molar-refractivity contribution in [1.82, 2.24) is 20.3 Å². The zero-order valence-corrected chi connectivity index (χ0v) is 12.3. The molecule has 116 valence electrons. The Balaban J connectivity index is 1.59. The van der Waals surface area contributed by atoms with E-state index >= 15 is 0 Å². The second kappa shape index (κ2) is 7.17. The summed E-state index contributed by atoms with van der Waals surface area (Å²) in [4.78, 5) is 24.2. The van der Waals surface area contributed by atoms with E-state index in [0.717, 1.165) is 5.56 Å². The number of aromatic nitrogens is 3. The molecule has 0 unspecified atom stereocenters. The first-order valence-electron chi connectivity index (χ1n) is 7.06. The van der Waals surface area contributed by atoms with E-state index in [-0.39, 0.29) is 5.91 Å². The highest BCUT2D eigenvalue weighted by atomic mass is 16.3. The molecule has 3 heterocycles. The molecule has 23 heavy (non-hydrogen) atoms. The van der Waals surface area contributed by atoms with Crippen molar-refractivity contribution >= 4 is 11.7 Å². The predicted octanol–water partition coefficient (Wildman–Crippen LogP) is 2.01. The summed E-state index contributed by atoms with van der Waals surface area (Å²) < 4.78 is 5.17. The predicted molar refractivity (Wildman–Crippen MR) is 83.5 cm³/mol. The van der Waals surface area contributed by atoms with Gasteiger partial charge in [0, 0.05) is 25.0 Å². The molecule has 0 saturated heterocycles. The third-order valence-corrected chi connectivity index (χ3v) is 3.13. The molecule has 7 nitrogen and oxygen atoms in total. The van der Waals surface area contributed by atoms with Crippen LogP contribution < -0.4 is 10.6 Å². The van der Waals surface area contributed by atoms with Crippen molar-refractivity contribution in [2.75, 3.05) is 5.32 Å². The van der Waals surface area contributed by atoms with Crippen molar-refractivity contribution in [3.8, 4) is 0 Å². The quantitative estimate of drug-likeness (QED) is 0.723. The molecule has 0 aliphatic rings. The number of anilines is 1. The lowest BCUT2D eigenvalue weighted by molar-refractivity contribution is 0.0943. The van der Waals surface area contributed by atoms with Gasteiger partial charge in [0.2, 0.25) is 0 Å². The average Bonchev–Trinajstić information content (AvgIpc) is 3.12. The number of amides is 1. The van der Waals surface area contributed by atoms with Gasteiger partial charge in [-0.3, -0.25) is 9.78 Å². The molecule has 1 amide bonds. The van der Waals surface area contributed by atoms with Crippen molar-refractivity contribution < 1.29 is 9.21 Å². The van der Waals surface area contributed by atoms with E-state index in [1.54, 1.807) is 36.9 Å². The van der Waals surface area contributed by atoms with Gasteiger partial charge in [-0.2, -0.15) is 0 Å². The van der Waals surface area contributed by atoms with Gasteiger partial charge in [0.1, 0.15) is 23.6 Å². The Morgan fingerprint density at radius 3 is 2.78 bits per heavy atom. The lowest BCUT2D eigenvalue weighted by Gasteiger charge is -2.07. The standard InChI is InChI=1S/C16H15N5O2/c22-16(19-10-13-2-1-7-23-13)14-8-15(21-11-20-14)18-9-12-3-5-17-6-4-12/h1-8,11H,9-10H2,(H,19,22)(H,18,20,21). The molecule has 3 aromatic heterocycles. The minimum absolute atomic E-state index is 0.282. The number of carbonyl (C=O) groups excluding carboxylic acids is 1. The van der Waals surface area contributed by atoms with E-state index in [1.807, 2.05) is 12.1 Å². The number of pyridine rings is 1. The van der Waals surface area contributed by atoms with Gasteiger partial charge in [-0.05, 0) is 29.8 Å². The lowest BCUT2D eigenvalue weighted by atomic mass is 10.2. The van der Waals surface area contributed by atoms with Crippen LogP contribution in [-0.2, 0) is 13.1 Å². The molecule has 0 fully saturated rings. The fraction of sp³-hybridized carbons (Fsp3) is 0.125. The molecule has 0 bridgehead atoms. The van der Waals surface area contributed by atoms with Crippen LogP contribution in [0, 0.1) is 0 Å². The Kier molecular flexibility index (Phi) is 4.58. The number of carbonyl (C=O) groups is 1. The smallest absolute Gasteiger partial charge is 0.270 e. The maximum Gasteiger partial charge on any atom is 0.270 e. The molecule has 0 aliphatic carbocycles. The number of hydrogen-bond donors (Lipinski definition) is 2. The zero-order chi connectivity index (χ0) is 15.9. The highest BCUT2D eigenvalue weighted by molar-refractivity contribution is 5.92. The molecule has 0 aliphatic heterocycles. The van der Waals surface area contributed by atoms with Gasteiger partial charge in [-0.25, -0.2) is 9.97 Å². The van der Waals surface area contributed by atoms with Crippen molar-refractivity contribution in [2.45, 2.75) is 13.1 Å². The maximum atomic E-state index is 12.1. The number of furan rings is 1. The molecule has 0 saturated carbocycles. The fourth-order valence-electron chi connectivity index (χ4n) is 1.94. The summed E-state index contributed by atoms with van der Waals surface area (Å²) in [6.45, 7) is 0.905. The van der Waals surface area contributed by atoms with Gasteiger partial charge in [0.05, 0.1) is 12.8 Å². The second-order valence-corrected chi connectivity index (χ2v) is 4.76. The Morgan fingerprint density at radius 2 is 2.00 bits per heavy atom. The van der Waals surface area contributed by atoms with Gasteiger partial charge in [0.25, 0.3) is 5.91 Å². The number of rotatable bonds is 6. The third-order valence-electron chi connectivity index (χ3n) is 3.13. The van der Waals surface area contributed by atoms with Crippen molar-refractivity contribution in [3.63, 3.8) is 0 Å². The Labute approximate surface area is 132 Å². The van der Waals surface area contributed by atoms with Gasteiger partial charge in [-0.15, -0.1) is 0 Å². The average molecular weight is 309 g/mol. The van der Waals surface area contributed by atoms with Crippen molar-refractivity contribution in [2.24, 2.45) is 0 Å². The van der Waals surface area contributed by atoms with Gasteiger partial charge in [0.15, 0.2) is 0 Å². The summed E-state index contributed by atoms with van der Waals surface area (Å²) >= 11 is 0. The van der Waals surface area contributed by atoms with Crippen LogP contribution in [0.1, 0.15) is 21.8 Å². The van der Waals surface area contributed by atoms with Crippen molar-refractivity contribution in [1.29, 1.82) is 0 Å². The lowest BCUT2D eigenvalue weighted by Crippen LogP contribution is -2.23. The molecule has 3 rings (SSSR count). The monoisotopic (exact) mass is 309 g/mol. The first kappa shape index (κ1) is 14.7. The number of nitrogens with zero attached hydrogens (tertiary/aromatic N) is 3. The van der Waals surface area contributed by atoms with Crippen LogP contribution in [0.3, 0.4) is 0 Å². The normalized spacial score (nSPS) is 10.3. The SMILES string of the molecule is O=C(NCc1ccco1)c1cc(NCc2ccncc2)ncn1. The molecule has 3 aromatic rings. The minimum atomic E-state index is -0.282. The minimum Gasteiger partial charge on any atom is -0.467 e. The summed E-state index contributed by atoms with van der Waals surface area (Å²) in [5.74, 6) is 0.985. The van der Waals surface area contributed by atoms with Gasteiger partial charge in [-0.1, -0.05) is 0 Å². The summed E-state index contributed by atoms with van der Waals surface area (Å²) in [6.07, 6.45) is 6.37. The van der Waals surface area contributed by atoms with Crippen LogP contribution in [0.25, 0.3) is 0 Å². The van der Waals surface area contributed by atoms with Crippen LogP contribution >= 0.6 is 0 Å². The van der Waals surface area contributed by atoms with Crippen molar-refractivity contribution in [3.05, 3.63) is 72.3 Å². The van der Waals surface area contributed by atoms with E-state index in [0.29, 0.717) is 30.4 Å². The highest BCUT2D eigenvalue weighted by Crippen LogP contribution is 2.07. The van der Waals surface area contributed by atoms with Crippen LogP contribution in [0.15, 0.2) is 59.7 Å². The molecular formula is C16H15N5O2. The molecular weight excluding hydrogens is 294 g/mol.